The molecular formula is C17H16Br2N2O4. The second-order valence-corrected chi connectivity index (χ2v) is 6.85. The first-order chi connectivity index (χ1) is 11.8. The maximum absolute atomic E-state index is 11.8. The normalized spacial score (nSPS) is 10.9. The number of aryl methyl sites for hydroxylation is 1. The number of benzene rings is 2. The lowest BCUT2D eigenvalue weighted by Crippen LogP contribution is -2.24. The van der Waals surface area contributed by atoms with Crippen LogP contribution in [0.4, 0.5) is 0 Å². The molecule has 0 bridgehead atoms. The van der Waals surface area contributed by atoms with Gasteiger partial charge in [0.1, 0.15) is 21.7 Å². The predicted molar refractivity (Wildman–Crippen MR) is 102 cm³/mol. The highest BCUT2D eigenvalue weighted by molar-refractivity contribution is 9.11. The summed E-state index contributed by atoms with van der Waals surface area (Å²) >= 11 is 6.33. The molecule has 0 atom stereocenters. The van der Waals surface area contributed by atoms with Crippen LogP contribution < -0.4 is 10.2 Å². The fourth-order valence-corrected chi connectivity index (χ4v) is 3.10. The number of amides is 1. The fraction of sp³-hybridized carbons (Fsp3) is 0.176. The Morgan fingerprint density at radius 2 is 1.96 bits per heavy atom. The molecular weight excluding hydrogens is 456 g/mol. The smallest absolute Gasteiger partial charge is 0.277 e. The zero-order valence-corrected chi connectivity index (χ0v) is 16.7. The van der Waals surface area contributed by atoms with Gasteiger partial charge in [0.15, 0.2) is 6.61 Å². The van der Waals surface area contributed by atoms with E-state index in [2.05, 4.69) is 42.4 Å². The van der Waals surface area contributed by atoms with Crippen molar-refractivity contribution < 1.29 is 19.7 Å². The van der Waals surface area contributed by atoms with Gasteiger partial charge in [-0.2, -0.15) is 5.10 Å². The van der Waals surface area contributed by atoms with Crippen LogP contribution in [-0.2, 0) is 4.79 Å². The van der Waals surface area contributed by atoms with Gasteiger partial charge in [-0.15, -0.1) is 0 Å². The van der Waals surface area contributed by atoms with E-state index >= 15 is 0 Å². The Morgan fingerprint density at radius 3 is 2.64 bits per heavy atom. The highest BCUT2D eigenvalue weighted by atomic mass is 79.9. The molecule has 25 heavy (non-hydrogen) atoms. The molecule has 0 unspecified atom stereocenters. The molecule has 2 aromatic rings. The third-order valence-corrected chi connectivity index (χ3v) is 5.08. The number of hydrogen-bond acceptors (Lipinski definition) is 5. The summed E-state index contributed by atoms with van der Waals surface area (Å²) < 4.78 is 5.93. The molecule has 0 radical (unpaired) electrons. The van der Waals surface area contributed by atoms with Gasteiger partial charge in [0.2, 0.25) is 0 Å². The number of hydrogen-bond donors (Lipinski definition) is 3. The SMILES string of the molecule is Cc1cccc(OCC(=O)N/N=C/c2c(C)c(Br)c(O)c(Br)c2O)c1. The molecule has 0 aromatic heterocycles. The van der Waals surface area contributed by atoms with Crippen molar-refractivity contribution in [2.75, 3.05) is 6.61 Å². The number of nitrogens with zero attached hydrogens (tertiary/aromatic N) is 1. The maximum atomic E-state index is 11.8. The van der Waals surface area contributed by atoms with E-state index in [-0.39, 0.29) is 22.6 Å². The van der Waals surface area contributed by atoms with E-state index in [0.717, 1.165) is 5.56 Å². The zero-order valence-electron chi connectivity index (χ0n) is 13.5. The van der Waals surface area contributed by atoms with Crippen LogP contribution in [0.3, 0.4) is 0 Å². The number of carbonyl (C=O) groups is 1. The lowest BCUT2D eigenvalue weighted by molar-refractivity contribution is -0.123. The molecule has 0 fully saturated rings. The van der Waals surface area contributed by atoms with Crippen LogP contribution in [-0.4, -0.2) is 28.9 Å². The molecule has 0 aliphatic rings. The Hall–Kier alpha value is -2.06. The van der Waals surface area contributed by atoms with Crippen molar-refractivity contribution in [1.82, 2.24) is 5.43 Å². The van der Waals surface area contributed by atoms with E-state index in [0.29, 0.717) is 21.3 Å². The van der Waals surface area contributed by atoms with Crippen LogP contribution in [0.25, 0.3) is 0 Å². The minimum atomic E-state index is -0.438. The van der Waals surface area contributed by atoms with Crippen molar-refractivity contribution in [2.45, 2.75) is 13.8 Å². The summed E-state index contributed by atoms with van der Waals surface area (Å²) in [4.78, 5) is 11.8. The second-order valence-electron chi connectivity index (χ2n) is 5.26. The van der Waals surface area contributed by atoms with Crippen molar-refractivity contribution in [3.05, 3.63) is 49.9 Å². The molecule has 8 heteroatoms. The molecule has 0 aliphatic carbocycles. The van der Waals surface area contributed by atoms with Gasteiger partial charge in [0.05, 0.1) is 10.7 Å². The number of rotatable bonds is 5. The first-order valence-corrected chi connectivity index (χ1v) is 8.80. The Balaban J connectivity index is 2.00. The Bertz CT molecular complexity index is 809. The minimum absolute atomic E-state index is 0.109. The molecule has 0 saturated carbocycles. The lowest BCUT2D eigenvalue weighted by Gasteiger charge is -2.11. The standard InChI is InChI=1S/C17H16Br2N2O4/c1-9-4-3-5-11(6-9)25-8-13(22)21-20-7-12-10(2)14(18)17(24)15(19)16(12)23/h3-7,23-24H,8H2,1-2H3,(H,21,22)/b20-7+. The van der Waals surface area contributed by atoms with Gasteiger partial charge >= 0.3 is 0 Å². The summed E-state index contributed by atoms with van der Waals surface area (Å²) in [5.41, 5.74) is 4.29. The van der Waals surface area contributed by atoms with Crippen LogP contribution in [0.5, 0.6) is 17.2 Å². The molecule has 3 N–H and O–H groups in total. The third kappa shape index (κ3) is 4.73. The van der Waals surface area contributed by atoms with Crippen molar-refractivity contribution >= 4 is 44.0 Å². The molecule has 0 spiro atoms. The van der Waals surface area contributed by atoms with Crippen molar-refractivity contribution in [3.8, 4) is 17.2 Å². The molecule has 0 aliphatic heterocycles. The van der Waals surface area contributed by atoms with Crippen LogP contribution >= 0.6 is 31.9 Å². The number of carbonyl (C=O) groups excluding carboxylic acids is 1. The van der Waals surface area contributed by atoms with Gasteiger partial charge in [-0.05, 0) is 69.0 Å². The summed E-state index contributed by atoms with van der Waals surface area (Å²) in [5.74, 6) is -0.124. The average molecular weight is 472 g/mol. The lowest BCUT2D eigenvalue weighted by atomic mass is 10.1. The van der Waals surface area contributed by atoms with Gasteiger partial charge in [-0.3, -0.25) is 4.79 Å². The van der Waals surface area contributed by atoms with E-state index in [4.69, 9.17) is 4.74 Å². The first-order valence-electron chi connectivity index (χ1n) is 7.22. The van der Waals surface area contributed by atoms with E-state index in [1.807, 2.05) is 25.1 Å². The number of ether oxygens (including phenoxy) is 1. The summed E-state index contributed by atoms with van der Waals surface area (Å²) in [6, 6.07) is 7.35. The minimum Gasteiger partial charge on any atom is -0.506 e. The molecule has 132 valence electrons. The molecule has 0 heterocycles. The van der Waals surface area contributed by atoms with Crippen molar-refractivity contribution in [2.24, 2.45) is 5.10 Å². The second kappa shape index (κ2) is 8.35. The van der Waals surface area contributed by atoms with Gasteiger partial charge < -0.3 is 14.9 Å². The quantitative estimate of drug-likeness (QED) is 0.457. The van der Waals surface area contributed by atoms with Crippen LogP contribution in [0.1, 0.15) is 16.7 Å². The van der Waals surface area contributed by atoms with Crippen LogP contribution in [0, 0.1) is 13.8 Å². The molecule has 2 aromatic carbocycles. The van der Waals surface area contributed by atoms with Gasteiger partial charge in [-0.1, -0.05) is 12.1 Å². The van der Waals surface area contributed by atoms with E-state index < -0.39 is 5.91 Å². The van der Waals surface area contributed by atoms with Gasteiger partial charge in [-0.25, -0.2) is 5.43 Å². The number of aromatic hydroxyl groups is 2. The molecule has 6 nitrogen and oxygen atoms in total. The highest BCUT2D eigenvalue weighted by Gasteiger charge is 2.17. The maximum Gasteiger partial charge on any atom is 0.277 e. The zero-order chi connectivity index (χ0) is 18.6. The summed E-state index contributed by atoms with van der Waals surface area (Å²) in [6.07, 6.45) is 1.30. The van der Waals surface area contributed by atoms with Gasteiger partial charge in [0.25, 0.3) is 5.91 Å². The fourth-order valence-electron chi connectivity index (χ4n) is 2.01. The molecule has 1 amide bonds. The Labute approximate surface area is 161 Å². The Morgan fingerprint density at radius 1 is 1.24 bits per heavy atom. The van der Waals surface area contributed by atoms with Crippen molar-refractivity contribution in [3.63, 3.8) is 0 Å². The predicted octanol–water partition coefficient (Wildman–Crippen LogP) is 3.77. The number of phenols is 2. The first kappa shape index (κ1) is 19.3. The monoisotopic (exact) mass is 470 g/mol. The number of halogens is 2. The van der Waals surface area contributed by atoms with E-state index in [1.54, 1.807) is 13.0 Å². The van der Waals surface area contributed by atoms with E-state index in [9.17, 15) is 15.0 Å². The number of nitrogens with one attached hydrogen (secondary N) is 1. The Kier molecular flexibility index (Phi) is 6.44. The highest BCUT2D eigenvalue weighted by Crippen LogP contribution is 2.43. The summed E-state index contributed by atoms with van der Waals surface area (Å²) in [7, 11) is 0. The summed E-state index contributed by atoms with van der Waals surface area (Å²) in [5, 5.41) is 23.7. The molecule has 2 rings (SSSR count). The van der Waals surface area contributed by atoms with Crippen LogP contribution in [0.2, 0.25) is 0 Å². The third-order valence-electron chi connectivity index (χ3n) is 3.35. The number of phenolic OH excluding ortho intramolecular Hbond substituents is 2. The largest absolute Gasteiger partial charge is 0.506 e. The topological polar surface area (TPSA) is 91.2 Å². The average Bonchev–Trinajstić information content (AvgIpc) is 2.59. The van der Waals surface area contributed by atoms with E-state index in [1.165, 1.54) is 6.21 Å². The van der Waals surface area contributed by atoms with Gasteiger partial charge in [0, 0.05) is 5.56 Å². The molecule has 0 saturated heterocycles. The van der Waals surface area contributed by atoms with Crippen molar-refractivity contribution in [1.29, 1.82) is 0 Å². The van der Waals surface area contributed by atoms with Crippen LogP contribution in [0.15, 0.2) is 38.3 Å². The number of hydrazone groups is 1. The summed E-state index contributed by atoms with van der Waals surface area (Å²) in [6.45, 7) is 3.44.